The van der Waals surface area contributed by atoms with E-state index in [1.165, 1.54) is 24.0 Å². The molecule has 30 heavy (non-hydrogen) atoms. The second-order valence-corrected chi connectivity index (χ2v) is 8.84. The Labute approximate surface area is 180 Å². The highest BCUT2D eigenvalue weighted by Gasteiger charge is 2.36. The van der Waals surface area contributed by atoms with Gasteiger partial charge < -0.3 is 9.84 Å². The second-order valence-electron chi connectivity index (χ2n) is 8.84. The number of benzene rings is 1. The summed E-state index contributed by atoms with van der Waals surface area (Å²) in [4.78, 5) is 9.42. The number of unbranched alkanes of at least 4 members (excludes halogenated alkanes) is 1. The van der Waals surface area contributed by atoms with Crippen LogP contribution in [-0.4, -0.2) is 71.4 Å². The minimum Gasteiger partial charge on any atom is -0.497 e. The molecule has 4 rings (SSSR count). The lowest BCUT2D eigenvalue weighted by Gasteiger charge is -2.49. The van der Waals surface area contributed by atoms with Gasteiger partial charge in [-0.2, -0.15) is 0 Å². The van der Waals surface area contributed by atoms with E-state index in [0.717, 1.165) is 57.6 Å². The number of piperidine rings is 1. The third kappa shape index (κ3) is 5.60. The predicted octanol–water partition coefficient (Wildman–Crippen LogP) is 3.17. The van der Waals surface area contributed by atoms with Gasteiger partial charge in [0.1, 0.15) is 5.75 Å². The number of aryl methyl sites for hydroxylation is 1. The average molecular weight is 410 g/mol. The molecule has 2 aliphatic rings. The molecule has 0 amide bonds. The molecule has 1 aromatic heterocycles. The molecular weight excluding hydrogens is 374 g/mol. The Hall–Kier alpha value is -1.95. The summed E-state index contributed by atoms with van der Waals surface area (Å²) < 4.78 is 5.32. The van der Waals surface area contributed by atoms with E-state index in [1.807, 2.05) is 12.4 Å². The standard InChI is InChI=1S/C25H35N3O2/c1-30-25-7-5-21(6-8-25)16-22-18-28-15-11-24(29)17-23(28)19-27(22)14-3-2-4-20-9-12-26-13-10-20/h5-10,12-13,22-24,29H,2-4,11,14-19H2,1H3/t22-,23+,24-/m0/s1. The topological polar surface area (TPSA) is 48.8 Å². The van der Waals surface area contributed by atoms with Gasteiger partial charge in [-0.15, -0.1) is 0 Å². The van der Waals surface area contributed by atoms with Crippen molar-refractivity contribution in [2.24, 2.45) is 0 Å². The number of aliphatic hydroxyl groups is 1. The highest BCUT2D eigenvalue weighted by molar-refractivity contribution is 5.27. The first-order valence-electron chi connectivity index (χ1n) is 11.4. The average Bonchev–Trinajstić information content (AvgIpc) is 2.78. The Kier molecular flexibility index (Phi) is 7.37. The molecule has 0 saturated carbocycles. The fourth-order valence-electron chi connectivity index (χ4n) is 5.01. The molecule has 2 fully saturated rings. The van der Waals surface area contributed by atoms with E-state index in [-0.39, 0.29) is 6.10 Å². The third-order valence-electron chi connectivity index (χ3n) is 6.76. The van der Waals surface area contributed by atoms with Gasteiger partial charge in [-0.1, -0.05) is 12.1 Å². The highest BCUT2D eigenvalue weighted by Crippen LogP contribution is 2.27. The van der Waals surface area contributed by atoms with E-state index in [9.17, 15) is 5.11 Å². The molecular formula is C25H35N3O2. The smallest absolute Gasteiger partial charge is 0.118 e. The fourth-order valence-corrected chi connectivity index (χ4v) is 5.01. The lowest BCUT2D eigenvalue weighted by Crippen LogP contribution is -2.61. The summed E-state index contributed by atoms with van der Waals surface area (Å²) in [7, 11) is 1.72. The van der Waals surface area contributed by atoms with Crippen LogP contribution >= 0.6 is 0 Å². The molecule has 2 saturated heterocycles. The number of aliphatic hydroxyl groups excluding tert-OH is 1. The van der Waals surface area contributed by atoms with Crippen molar-refractivity contribution in [2.75, 3.05) is 33.3 Å². The molecule has 0 spiro atoms. The zero-order chi connectivity index (χ0) is 20.8. The van der Waals surface area contributed by atoms with Crippen LogP contribution in [0, 0.1) is 0 Å². The second kappa shape index (κ2) is 10.4. The van der Waals surface area contributed by atoms with Gasteiger partial charge in [0.05, 0.1) is 13.2 Å². The Morgan fingerprint density at radius 2 is 1.83 bits per heavy atom. The predicted molar refractivity (Wildman–Crippen MR) is 120 cm³/mol. The van der Waals surface area contributed by atoms with Crippen molar-refractivity contribution in [3.8, 4) is 5.75 Å². The van der Waals surface area contributed by atoms with Gasteiger partial charge in [-0.3, -0.25) is 14.8 Å². The number of ether oxygens (including phenoxy) is 1. The molecule has 1 aromatic carbocycles. The van der Waals surface area contributed by atoms with Crippen molar-refractivity contribution in [3.05, 3.63) is 59.9 Å². The minimum absolute atomic E-state index is 0.127. The van der Waals surface area contributed by atoms with Crippen molar-refractivity contribution in [3.63, 3.8) is 0 Å². The largest absolute Gasteiger partial charge is 0.497 e. The molecule has 0 unspecified atom stereocenters. The van der Waals surface area contributed by atoms with Crippen molar-refractivity contribution < 1.29 is 9.84 Å². The number of methoxy groups -OCH3 is 1. The van der Waals surface area contributed by atoms with E-state index in [4.69, 9.17) is 4.74 Å². The summed E-state index contributed by atoms with van der Waals surface area (Å²) in [6.07, 6.45) is 10.1. The summed E-state index contributed by atoms with van der Waals surface area (Å²) in [6, 6.07) is 13.8. The van der Waals surface area contributed by atoms with E-state index in [2.05, 4.69) is 51.2 Å². The van der Waals surface area contributed by atoms with Gasteiger partial charge >= 0.3 is 0 Å². The van der Waals surface area contributed by atoms with Crippen LogP contribution in [0.15, 0.2) is 48.8 Å². The number of fused-ring (bicyclic) bond motifs is 1. The van der Waals surface area contributed by atoms with Crippen molar-refractivity contribution in [2.45, 2.75) is 56.7 Å². The number of rotatable bonds is 8. The molecule has 3 heterocycles. The molecule has 1 N–H and O–H groups in total. The normalized spacial score (nSPS) is 25.1. The summed E-state index contributed by atoms with van der Waals surface area (Å²) in [5.74, 6) is 0.917. The molecule has 2 aromatic rings. The molecule has 0 radical (unpaired) electrons. The molecule has 5 heteroatoms. The number of hydrogen-bond donors (Lipinski definition) is 1. The molecule has 0 aliphatic carbocycles. The zero-order valence-corrected chi connectivity index (χ0v) is 18.1. The lowest BCUT2D eigenvalue weighted by molar-refractivity contribution is -0.0296. The van der Waals surface area contributed by atoms with Crippen LogP contribution in [0.25, 0.3) is 0 Å². The molecule has 2 aliphatic heterocycles. The summed E-state index contributed by atoms with van der Waals surface area (Å²) in [6.45, 7) is 4.34. The number of pyridine rings is 1. The van der Waals surface area contributed by atoms with Crippen molar-refractivity contribution in [1.29, 1.82) is 0 Å². The van der Waals surface area contributed by atoms with Gasteiger partial charge in [0.25, 0.3) is 0 Å². The first kappa shape index (κ1) is 21.3. The molecule has 162 valence electrons. The minimum atomic E-state index is -0.127. The summed E-state index contributed by atoms with van der Waals surface area (Å²) in [5.41, 5.74) is 2.75. The van der Waals surface area contributed by atoms with E-state index >= 15 is 0 Å². The Balaban J connectivity index is 1.37. The van der Waals surface area contributed by atoms with E-state index in [0.29, 0.717) is 12.1 Å². The van der Waals surface area contributed by atoms with Crippen LogP contribution in [0.2, 0.25) is 0 Å². The fraction of sp³-hybridized carbons (Fsp3) is 0.560. The maximum absolute atomic E-state index is 10.2. The number of hydrogen-bond acceptors (Lipinski definition) is 5. The quantitative estimate of drug-likeness (QED) is 0.679. The third-order valence-corrected chi connectivity index (χ3v) is 6.76. The van der Waals surface area contributed by atoms with Crippen LogP contribution in [0.3, 0.4) is 0 Å². The monoisotopic (exact) mass is 409 g/mol. The first-order chi connectivity index (χ1) is 14.7. The van der Waals surface area contributed by atoms with Crippen LogP contribution in [0.1, 0.15) is 36.8 Å². The van der Waals surface area contributed by atoms with Crippen LogP contribution in [0.4, 0.5) is 0 Å². The van der Waals surface area contributed by atoms with Gasteiger partial charge in [0.2, 0.25) is 0 Å². The number of piperazine rings is 1. The highest BCUT2D eigenvalue weighted by atomic mass is 16.5. The number of aromatic nitrogens is 1. The van der Waals surface area contributed by atoms with Gasteiger partial charge in [-0.25, -0.2) is 0 Å². The molecule has 3 atom stereocenters. The first-order valence-corrected chi connectivity index (χ1v) is 11.4. The SMILES string of the molecule is COc1ccc(C[C@H]2CN3CC[C@H](O)C[C@@H]3CN2CCCCc2ccncc2)cc1. The maximum atomic E-state index is 10.2. The van der Waals surface area contributed by atoms with Crippen molar-refractivity contribution in [1.82, 2.24) is 14.8 Å². The van der Waals surface area contributed by atoms with Crippen LogP contribution in [-0.2, 0) is 12.8 Å². The lowest BCUT2D eigenvalue weighted by atomic mass is 9.92. The van der Waals surface area contributed by atoms with Gasteiger partial charge in [0, 0.05) is 44.1 Å². The Morgan fingerprint density at radius 3 is 2.60 bits per heavy atom. The van der Waals surface area contributed by atoms with Crippen LogP contribution in [0.5, 0.6) is 5.75 Å². The molecule has 0 bridgehead atoms. The van der Waals surface area contributed by atoms with Crippen molar-refractivity contribution >= 4 is 0 Å². The molecule has 5 nitrogen and oxygen atoms in total. The van der Waals surface area contributed by atoms with E-state index < -0.39 is 0 Å². The zero-order valence-electron chi connectivity index (χ0n) is 18.1. The summed E-state index contributed by atoms with van der Waals surface area (Å²) >= 11 is 0. The van der Waals surface area contributed by atoms with E-state index in [1.54, 1.807) is 7.11 Å². The van der Waals surface area contributed by atoms with Gasteiger partial charge in [0.15, 0.2) is 0 Å². The number of nitrogens with zero attached hydrogens (tertiary/aromatic N) is 3. The Morgan fingerprint density at radius 1 is 1.03 bits per heavy atom. The van der Waals surface area contributed by atoms with Gasteiger partial charge in [-0.05, 0) is 80.5 Å². The summed E-state index contributed by atoms with van der Waals surface area (Å²) in [5, 5.41) is 10.2. The maximum Gasteiger partial charge on any atom is 0.118 e. The Bertz CT molecular complexity index is 768. The van der Waals surface area contributed by atoms with Crippen LogP contribution < -0.4 is 4.74 Å².